The molecule has 0 radical (unpaired) electrons. The van der Waals surface area contributed by atoms with E-state index in [0.717, 1.165) is 17.1 Å². The van der Waals surface area contributed by atoms with Crippen LogP contribution in [0.1, 0.15) is 15.9 Å². The Bertz CT molecular complexity index is 720. The number of thioether (sulfide) groups is 1. The summed E-state index contributed by atoms with van der Waals surface area (Å²) in [6, 6.07) is 12.7. The summed E-state index contributed by atoms with van der Waals surface area (Å²) in [5.74, 6) is 2.26. The third kappa shape index (κ3) is 6.65. The fourth-order valence-electron chi connectivity index (χ4n) is 2.02. The van der Waals surface area contributed by atoms with Gasteiger partial charge < -0.3 is 10.1 Å². The summed E-state index contributed by atoms with van der Waals surface area (Å²) in [6.07, 6.45) is 1.68. The van der Waals surface area contributed by atoms with Crippen LogP contribution in [0.3, 0.4) is 0 Å². The zero-order valence-corrected chi connectivity index (χ0v) is 16.0. The molecule has 2 aromatic carbocycles. The standard InChI is InChI=1S/C19H19Cl2NO2S/c1-2-10-24-16-6-4-15(5-7-16)19(23)22-9-11-25-13-14-3-8-17(20)18(21)12-14/h2-8,12H,1,9-11,13H2,(H,22,23). The van der Waals surface area contributed by atoms with E-state index in [1.807, 2.05) is 12.1 Å². The average Bonchev–Trinajstić information content (AvgIpc) is 2.63. The predicted octanol–water partition coefficient (Wildman–Crippen LogP) is 5.22. The smallest absolute Gasteiger partial charge is 0.251 e. The van der Waals surface area contributed by atoms with Crippen LogP contribution in [-0.4, -0.2) is 24.8 Å². The van der Waals surface area contributed by atoms with Gasteiger partial charge in [-0.3, -0.25) is 4.79 Å². The minimum absolute atomic E-state index is 0.0922. The van der Waals surface area contributed by atoms with E-state index < -0.39 is 0 Å². The third-order valence-electron chi connectivity index (χ3n) is 3.27. The minimum atomic E-state index is -0.0922. The molecule has 0 bridgehead atoms. The first-order valence-electron chi connectivity index (χ1n) is 7.74. The number of halogens is 2. The van der Waals surface area contributed by atoms with E-state index in [1.54, 1.807) is 48.2 Å². The van der Waals surface area contributed by atoms with Gasteiger partial charge in [0.15, 0.2) is 0 Å². The van der Waals surface area contributed by atoms with Crippen molar-refractivity contribution in [2.24, 2.45) is 0 Å². The Balaban J connectivity index is 1.69. The second-order valence-corrected chi connectivity index (χ2v) is 7.10. The van der Waals surface area contributed by atoms with Crippen LogP contribution in [0.2, 0.25) is 10.0 Å². The topological polar surface area (TPSA) is 38.3 Å². The van der Waals surface area contributed by atoms with Gasteiger partial charge in [0.05, 0.1) is 10.0 Å². The third-order valence-corrected chi connectivity index (χ3v) is 5.04. The van der Waals surface area contributed by atoms with Crippen molar-refractivity contribution in [1.29, 1.82) is 0 Å². The van der Waals surface area contributed by atoms with E-state index in [2.05, 4.69) is 11.9 Å². The van der Waals surface area contributed by atoms with Crippen molar-refractivity contribution in [3.8, 4) is 5.75 Å². The van der Waals surface area contributed by atoms with E-state index in [0.29, 0.717) is 34.5 Å². The Morgan fingerprint density at radius 2 is 1.92 bits per heavy atom. The Kier molecular flexibility index (Phi) is 8.19. The van der Waals surface area contributed by atoms with Gasteiger partial charge in [0.2, 0.25) is 0 Å². The molecule has 0 fully saturated rings. The Morgan fingerprint density at radius 1 is 1.16 bits per heavy atom. The van der Waals surface area contributed by atoms with Gasteiger partial charge in [0, 0.05) is 23.6 Å². The van der Waals surface area contributed by atoms with Crippen LogP contribution < -0.4 is 10.1 Å². The van der Waals surface area contributed by atoms with Crippen LogP contribution in [0.15, 0.2) is 55.1 Å². The Morgan fingerprint density at radius 3 is 2.60 bits per heavy atom. The largest absolute Gasteiger partial charge is 0.490 e. The molecule has 0 heterocycles. The molecule has 0 aromatic heterocycles. The average molecular weight is 396 g/mol. The quantitative estimate of drug-likeness (QED) is 0.467. The molecule has 2 aromatic rings. The summed E-state index contributed by atoms with van der Waals surface area (Å²) in [5, 5.41) is 4.03. The van der Waals surface area contributed by atoms with Crippen molar-refractivity contribution >= 4 is 40.9 Å². The summed E-state index contributed by atoms with van der Waals surface area (Å²) in [4.78, 5) is 12.1. The fourth-order valence-corrected chi connectivity index (χ4v) is 3.14. The molecule has 0 aliphatic carbocycles. The maximum atomic E-state index is 12.1. The lowest BCUT2D eigenvalue weighted by Crippen LogP contribution is -2.25. The molecule has 0 spiro atoms. The lowest BCUT2D eigenvalue weighted by Gasteiger charge is -2.07. The first-order valence-corrected chi connectivity index (χ1v) is 9.65. The molecule has 0 unspecified atom stereocenters. The summed E-state index contributed by atoms with van der Waals surface area (Å²) in [6.45, 7) is 4.64. The second-order valence-electron chi connectivity index (χ2n) is 5.18. The number of amides is 1. The maximum absolute atomic E-state index is 12.1. The molecule has 0 saturated heterocycles. The van der Waals surface area contributed by atoms with Gasteiger partial charge in [-0.05, 0) is 42.0 Å². The Hall–Kier alpha value is -1.62. The van der Waals surface area contributed by atoms with Crippen molar-refractivity contribution in [2.45, 2.75) is 5.75 Å². The van der Waals surface area contributed by atoms with Crippen LogP contribution in [-0.2, 0) is 5.75 Å². The fraction of sp³-hybridized carbons (Fsp3) is 0.211. The number of benzene rings is 2. The Labute approximate surface area is 162 Å². The molecule has 2 rings (SSSR count). The highest BCUT2D eigenvalue weighted by atomic mass is 35.5. The lowest BCUT2D eigenvalue weighted by atomic mass is 10.2. The number of ether oxygens (including phenoxy) is 1. The first-order chi connectivity index (χ1) is 12.1. The number of carbonyl (C=O) groups is 1. The van der Waals surface area contributed by atoms with Crippen molar-refractivity contribution in [1.82, 2.24) is 5.32 Å². The van der Waals surface area contributed by atoms with Gasteiger partial charge >= 0.3 is 0 Å². The van der Waals surface area contributed by atoms with E-state index >= 15 is 0 Å². The van der Waals surface area contributed by atoms with Gasteiger partial charge in [-0.2, -0.15) is 11.8 Å². The number of nitrogens with one attached hydrogen (secondary N) is 1. The summed E-state index contributed by atoms with van der Waals surface area (Å²) >= 11 is 13.6. The van der Waals surface area contributed by atoms with Gasteiger partial charge in [0.25, 0.3) is 5.91 Å². The summed E-state index contributed by atoms with van der Waals surface area (Å²) in [7, 11) is 0. The van der Waals surface area contributed by atoms with Crippen LogP contribution in [0.5, 0.6) is 5.75 Å². The van der Waals surface area contributed by atoms with E-state index in [9.17, 15) is 4.79 Å². The molecule has 0 atom stereocenters. The van der Waals surface area contributed by atoms with Gasteiger partial charge in [-0.1, -0.05) is 41.9 Å². The molecule has 0 aliphatic heterocycles. The van der Waals surface area contributed by atoms with Crippen molar-refractivity contribution in [2.75, 3.05) is 18.9 Å². The van der Waals surface area contributed by atoms with Gasteiger partial charge in [0.1, 0.15) is 12.4 Å². The van der Waals surface area contributed by atoms with Gasteiger partial charge in [-0.15, -0.1) is 0 Å². The molecule has 0 aliphatic rings. The highest BCUT2D eigenvalue weighted by molar-refractivity contribution is 7.98. The zero-order chi connectivity index (χ0) is 18.1. The monoisotopic (exact) mass is 395 g/mol. The highest BCUT2D eigenvalue weighted by Crippen LogP contribution is 2.24. The number of rotatable bonds is 9. The maximum Gasteiger partial charge on any atom is 0.251 e. The molecule has 3 nitrogen and oxygen atoms in total. The predicted molar refractivity (Wildman–Crippen MR) is 107 cm³/mol. The number of hydrogen-bond donors (Lipinski definition) is 1. The van der Waals surface area contributed by atoms with Crippen molar-refractivity contribution in [3.05, 3.63) is 76.3 Å². The highest BCUT2D eigenvalue weighted by Gasteiger charge is 2.05. The molecule has 1 N–H and O–H groups in total. The van der Waals surface area contributed by atoms with E-state index in [-0.39, 0.29) is 5.91 Å². The van der Waals surface area contributed by atoms with Crippen LogP contribution in [0.25, 0.3) is 0 Å². The van der Waals surface area contributed by atoms with Crippen molar-refractivity contribution in [3.63, 3.8) is 0 Å². The minimum Gasteiger partial charge on any atom is -0.490 e. The van der Waals surface area contributed by atoms with Crippen molar-refractivity contribution < 1.29 is 9.53 Å². The van der Waals surface area contributed by atoms with Crippen LogP contribution in [0, 0.1) is 0 Å². The van der Waals surface area contributed by atoms with Crippen LogP contribution >= 0.6 is 35.0 Å². The molecule has 0 saturated carbocycles. The van der Waals surface area contributed by atoms with E-state index in [4.69, 9.17) is 27.9 Å². The first kappa shape index (κ1) is 19.7. The molecule has 132 valence electrons. The summed E-state index contributed by atoms with van der Waals surface area (Å²) in [5.41, 5.74) is 1.72. The lowest BCUT2D eigenvalue weighted by molar-refractivity contribution is 0.0956. The SMILES string of the molecule is C=CCOc1ccc(C(=O)NCCSCc2ccc(Cl)c(Cl)c2)cc1. The zero-order valence-electron chi connectivity index (χ0n) is 13.6. The van der Waals surface area contributed by atoms with Crippen LogP contribution in [0.4, 0.5) is 0 Å². The number of hydrogen-bond acceptors (Lipinski definition) is 3. The molecular weight excluding hydrogens is 377 g/mol. The van der Waals surface area contributed by atoms with E-state index in [1.165, 1.54) is 0 Å². The molecule has 6 heteroatoms. The normalized spacial score (nSPS) is 10.3. The molecular formula is C19H19Cl2NO2S. The molecule has 25 heavy (non-hydrogen) atoms. The summed E-state index contributed by atoms with van der Waals surface area (Å²) < 4.78 is 5.39. The number of carbonyl (C=O) groups excluding carboxylic acids is 1. The second kappa shape index (κ2) is 10.4. The van der Waals surface area contributed by atoms with Gasteiger partial charge in [-0.25, -0.2) is 0 Å². The molecule has 1 amide bonds.